The smallest absolute Gasteiger partial charge is 0.337 e. The van der Waals surface area contributed by atoms with Crippen LogP contribution in [0.1, 0.15) is 47.5 Å². The molecule has 0 spiro atoms. The van der Waals surface area contributed by atoms with Crippen molar-refractivity contribution in [2.75, 3.05) is 33.3 Å². The van der Waals surface area contributed by atoms with Crippen LogP contribution in [0.25, 0.3) is 11.5 Å². The summed E-state index contributed by atoms with van der Waals surface area (Å²) in [4.78, 5) is 33.3. The number of methoxy groups -OCH3 is 1. The number of carbonyl (C=O) groups is 2. The molecule has 0 saturated carbocycles. The van der Waals surface area contributed by atoms with Crippen LogP contribution in [0, 0.1) is 12.8 Å². The van der Waals surface area contributed by atoms with E-state index in [1.807, 2.05) is 24.0 Å². The second-order valence-corrected chi connectivity index (χ2v) is 8.17. The topological polar surface area (TPSA) is 75.9 Å². The minimum absolute atomic E-state index is 0.168. The Morgan fingerprint density at radius 3 is 2.40 bits per heavy atom. The van der Waals surface area contributed by atoms with Gasteiger partial charge >= 0.3 is 5.97 Å². The van der Waals surface area contributed by atoms with Gasteiger partial charge in [-0.2, -0.15) is 0 Å². The van der Waals surface area contributed by atoms with Crippen molar-refractivity contribution in [2.24, 2.45) is 5.92 Å². The molecule has 2 aliphatic heterocycles. The predicted molar refractivity (Wildman–Crippen MR) is 112 cm³/mol. The van der Waals surface area contributed by atoms with Crippen molar-refractivity contribution in [3.63, 3.8) is 0 Å². The van der Waals surface area contributed by atoms with Gasteiger partial charge < -0.3 is 14.1 Å². The van der Waals surface area contributed by atoms with E-state index in [1.165, 1.54) is 7.11 Å². The zero-order valence-electron chi connectivity index (χ0n) is 17.7. The molecular formula is C23H29N3O4. The molecule has 2 fully saturated rings. The highest BCUT2D eigenvalue weighted by Crippen LogP contribution is 2.26. The Labute approximate surface area is 177 Å². The van der Waals surface area contributed by atoms with E-state index >= 15 is 0 Å². The number of oxazole rings is 1. The van der Waals surface area contributed by atoms with Gasteiger partial charge in [-0.3, -0.25) is 9.69 Å². The van der Waals surface area contributed by atoms with Gasteiger partial charge in [-0.15, -0.1) is 0 Å². The summed E-state index contributed by atoms with van der Waals surface area (Å²) in [7, 11) is 1.37. The van der Waals surface area contributed by atoms with Crippen LogP contribution < -0.4 is 0 Å². The highest BCUT2D eigenvalue weighted by Gasteiger charge is 2.30. The Hall–Kier alpha value is -2.67. The van der Waals surface area contributed by atoms with Gasteiger partial charge in [0.05, 0.1) is 18.4 Å². The van der Waals surface area contributed by atoms with Crippen LogP contribution in [0.3, 0.4) is 0 Å². The number of aryl methyl sites for hydroxylation is 1. The van der Waals surface area contributed by atoms with Crippen LogP contribution in [0.2, 0.25) is 0 Å². The highest BCUT2D eigenvalue weighted by molar-refractivity contribution is 5.89. The molecule has 2 aromatic rings. The van der Waals surface area contributed by atoms with Crippen molar-refractivity contribution in [1.29, 1.82) is 0 Å². The number of likely N-dealkylation sites (tertiary alicyclic amines) is 2. The van der Waals surface area contributed by atoms with Gasteiger partial charge in [0.15, 0.2) is 0 Å². The van der Waals surface area contributed by atoms with Gasteiger partial charge in [0, 0.05) is 31.1 Å². The second kappa shape index (κ2) is 9.00. The lowest BCUT2D eigenvalue weighted by Crippen LogP contribution is -2.41. The molecule has 0 bridgehead atoms. The first kappa shape index (κ1) is 20.6. The molecule has 0 radical (unpaired) electrons. The molecule has 0 N–H and O–H groups in total. The highest BCUT2D eigenvalue weighted by atomic mass is 16.5. The Kier molecular flexibility index (Phi) is 6.18. The standard InChI is InChI=1S/C23H29N3O4/c1-16-20(24-21(30-16)17-5-7-19(8-6-17)23(28)29-2)15-25-13-9-18(10-14-25)22(27)26-11-3-4-12-26/h5-8,18H,3-4,9-15H2,1-2H3. The van der Waals surface area contributed by atoms with E-state index in [0.717, 1.165) is 75.4 Å². The molecule has 1 aromatic heterocycles. The van der Waals surface area contributed by atoms with Crippen LogP contribution in [-0.4, -0.2) is 59.9 Å². The normalized spacial score (nSPS) is 18.0. The van der Waals surface area contributed by atoms with Crippen molar-refractivity contribution in [3.05, 3.63) is 41.3 Å². The predicted octanol–water partition coefficient (Wildman–Crippen LogP) is 3.27. The van der Waals surface area contributed by atoms with Crippen LogP contribution in [0.15, 0.2) is 28.7 Å². The van der Waals surface area contributed by atoms with E-state index < -0.39 is 0 Å². The van der Waals surface area contributed by atoms with Crippen LogP contribution in [-0.2, 0) is 16.1 Å². The number of aromatic nitrogens is 1. The summed E-state index contributed by atoms with van der Waals surface area (Å²) in [5, 5.41) is 0. The summed E-state index contributed by atoms with van der Waals surface area (Å²) in [6, 6.07) is 7.05. The van der Waals surface area contributed by atoms with Crippen molar-refractivity contribution >= 4 is 11.9 Å². The molecule has 7 heteroatoms. The summed E-state index contributed by atoms with van der Waals surface area (Å²) < 4.78 is 10.6. The fraction of sp³-hybridized carbons (Fsp3) is 0.522. The summed E-state index contributed by atoms with van der Waals surface area (Å²) in [6.45, 7) is 6.32. The van der Waals surface area contributed by atoms with E-state index in [0.29, 0.717) is 17.4 Å². The Bertz CT molecular complexity index is 892. The first-order valence-electron chi connectivity index (χ1n) is 10.7. The Morgan fingerprint density at radius 2 is 1.77 bits per heavy atom. The number of hydrogen-bond donors (Lipinski definition) is 0. The van der Waals surface area contributed by atoms with Gasteiger partial charge in [0.1, 0.15) is 5.76 Å². The third-order valence-corrected chi connectivity index (χ3v) is 6.17. The van der Waals surface area contributed by atoms with Crippen molar-refractivity contribution < 1.29 is 18.7 Å². The maximum atomic E-state index is 12.6. The minimum atomic E-state index is -0.363. The van der Waals surface area contributed by atoms with Crippen LogP contribution >= 0.6 is 0 Å². The summed E-state index contributed by atoms with van der Waals surface area (Å²) >= 11 is 0. The molecule has 2 saturated heterocycles. The lowest BCUT2D eigenvalue weighted by atomic mass is 9.95. The average Bonchev–Trinajstić information content (AvgIpc) is 3.44. The zero-order valence-corrected chi connectivity index (χ0v) is 17.7. The number of nitrogens with zero attached hydrogens (tertiary/aromatic N) is 3. The maximum Gasteiger partial charge on any atom is 0.337 e. The molecule has 0 atom stereocenters. The number of rotatable bonds is 5. The summed E-state index contributed by atoms with van der Waals surface area (Å²) in [5.41, 5.74) is 2.24. The number of esters is 1. The monoisotopic (exact) mass is 411 g/mol. The van der Waals surface area contributed by atoms with Gasteiger partial charge in [0.2, 0.25) is 11.8 Å². The number of piperidine rings is 1. The molecule has 160 valence electrons. The lowest BCUT2D eigenvalue weighted by Gasteiger charge is -2.32. The number of ether oxygens (including phenoxy) is 1. The van der Waals surface area contributed by atoms with Crippen molar-refractivity contribution in [1.82, 2.24) is 14.8 Å². The molecular weight excluding hydrogens is 382 g/mol. The summed E-state index contributed by atoms with van der Waals surface area (Å²) in [6.07, 6.45) is 4.11. The first-order chi connectivity index (χ1) is 14.5. The van der Waals surface area contributed by atoms with E-state index in [1.54, 1.807) is 12.1 Å². The maximum absolute atomic E-state index is 12.6. The van der Waals surface area contributed by atoms with Crippen LogP contribution in [0.5, 0.6) is 0 Å². The van der Waals surface area contributed by atoms with E-state index in [4.69, 9.17) is 9.15 Å². The number of hydrogen-bond acceptors (Lipinski definition) is 6. The second-order valence-electron chi connectivity index (χ2n) is 8.17. The van der Waals surface area contributed by atoms with Crippen molar-refractivity contribution in [3.8, 4) is 11.5 Å². The largest absolute Gasteiger partial charge is 0.465 e. The van der Waals surface area contributed by atoms with Gasteiger partial charge in [-0.1, -0.05) is 0 Å². The lowest BCUT2D eigenvalue weighted by molar-refractivity contribution is -0.136. The molecule has 1 aromatic carbocycles. The fourth-order valence-electron chi connectivity index (χ4n) is 4.31. The third-order valence-electron chi connectivity index (χ3n) is 6.17. The number of benzene rings is 1. The minimum Gasteiger partial charge on any atom is -0.465 e. The molecule has 2 aliphatic rings. The van der Waals surface area contributed by atoms with Gasteiger partial charge in [0.25, 0.3) is 0 Å². The zero-order chi connectivity index (χ0) is 21.1. The Morgan fingerprint density at radius 1 is 1.10 bits per heavy atom. The molecule has 4 rings (SSSR count). The van der Waals surface area contributed by atoms with Crippen LogP contribution in [0.4, 0.5) is 0 Å². The van der Waals surface area contributed by atoms with Crippen molar-refractivity contribution in [2.45, 2.75) is 39.2 Å². The summed E-state index contributed by atoms with van der Waals surface area (Å²) in [5.74, 6) is 1.51. The fourth-order valence-corrected chi connectivity index (χ4v) is 4.31. The van der Waals surface area contributed by atoms with E-state index in [-0.39, 0.29) is 11.9 Å². The quantitative estimate of drug-likeness (QED) is 0.703. The third kappa shape index (κ3) is 4.41. The van der Waals surface area contributed by atoms with E-state index in [2.05, 4.69) is 9.88 Å². The Balaban J connectivity index is 1.35. The molecule has 0 aliphatic carbocycles. The molecule has 0 unspecified atom stereocenters. The molecule has 7 nitrogen and oxygen atoms in total. The van der Waals surface area contributed by atoms with Gasteiger partial charge in [-0.05, 0) is 70.0 Å². The number of carbonyl (C=O) groups excluding carboxylic acids is 2. The molecule has 30 heavy (non-hydrogen) atoms. The van der Waals surface area contributed by atoms with Gasteiger partial charge in [-0.25, -0.2) is 9.78 Å². The first-order valence-corrected chi connectivity index (χ1v) is 10.7. The molecule has 3 heterocycles. The SMILES string of the molecule is COC(=O)c1ccc(-c2nc(CN3CCC(C(=O)N4CCCC4)CC3)c(C)o2)cc1. The number of amides is 1. The average molecular weight is 412 g/mol. The van der Waals surface area contributed by atoms with E-state index in [9.17, 15) is 9.59 Å². The molecule has 1 amide bonds.